The van der Waals surface area contributed by atoms with E-state index in [1.54, 1.807) is 0 Å². The molecule has 17 nitrogen and oxygen atoms in total. The minimum atomic E-state index is -4.97. The van der Waals surface area contributed by atoms with Crippen LogP contribution in [0.2, 0.25) is 0 Å². The molecule has 0 aliphatic heterocycles. The van der Waals surface area contributed by atoms with Crippen LogP contribution in [0.15, 0.2) is 0 Å². The third kappa shape index (κ3) is 76.6. The number of aliphatic hydroxyl groups is 1. The summed E-state index contributed by atoms with van der Waals surface area (Å²) in [6.45, 7) is 14.2. The number of hydrogen-bond acceptors (Lipinski definition) is 15. The number of phosphoric ester groups is 2. The third-order valence-corrected chi connectivity index (χ3v) is 21.8. The number of esters is 4. The quantitative estimate of drug-likeness (QED) is 0.0222. The van der Waals surface area contributed by atoms with Crippen LogP contribution in [0.25, 0.3) is 0 Å². The lowest BCUT2D eigenvalue weighted by Crippen LogP contribution is -2.30. The van der Waals surface area contributed by atoms with E-state index in [1.807, 2.05) is 0 Å². The van der Waals surface area contributed by atoms with Crippen molar-refractivity contribution in [3.8, 4) is 0 Å². The second-order valence-electron chi connectivity index (χ2n) is 31.9. The van der Waals surface area contributed by atoms with Crippen molar-refractivity contribution in [2.45, 2.75) is 453 Å². The van der Waals surface area contributed by atoms with E-state index in [1.165, 1.54) is 231 Å². The molecule has 0 radical (unpaired) electrons. The van der Waals surface area contributed by atoms with Gasteiger partial charge in [-0.2, -0.15) is 0 Å². The van der Waals surface area contributed by atoms with E-state index in [-0.39, 0.29) is 25.7 Å². The number of hydrogen-bond donors (Lipinski definition) is 3. The summed E-state index contributed by atoms with van der Waals surface area (Å²) in [4.78, 5) is 73.0. The largest absolute Gasteiger partial charge is 0.472 e. The van der Waals surface area contributed by atoms with Gasteiger partial charge < -0.3 is 33.8 Å². The lowest BCUT2D eigenvalue weighted by Gasteiger charge is -2.21. The molecule has 0 fully saturated rings. The number of unbranched alkanes of at least 4 members (excludes halogenated alkanes) is 46. The molecular formula is C84H164O17P2. The average molecular weight is 1510 g/mol. The molecule has 103 heavy (non-hydrogen) atoms. The van der Waals surface area contributed by atoms with Gasteiger partial charge >= 0.3 is 39.5 Å². The zero-order valence-corrected chi connectivity index (χ0v) is 69.7. The first-order chi connectivity index (χ1) is 49.6. The van der Waals surface area contributed by atoms with Crippen LogP contribution >= 0.6 is 15.6 Å². The van der Waals surface area contributed by atoms with Crippen LogP contribution in [-0.4, -0.2) is 96.7 Å². The van der Waals surface area contributed by atoms with E-state index in [4.69, 9.17) is 37.0 Å². The van der Waals surface area contributed by atoms with Gasteiger partial charge in [-0.1, -0.05) is 383 Å². The van der Waals surface area contributed by atoms with E-state index >= 15 is 0 Å². The zero-order chi connectivity index (χ0) is 76.0. The molecule has 0 rings (SSSR count). The van der Waals surface area contributed by atoms with Crippen LogP contribution in [0.1, 0.15) is 434 Å². The summed E-state index contributed by atoms with van der Waals surface area (Å²) in [5.74, 6) is 0.978. The lowest BCUT2D eigenvalue weighted by atomic mass is 10.00. The molecule has 0 aliphatic carbocycles. The second kappa shape index (κ2) is 72.9. The van der Waals surface area contributed by atoms with Gasteiger partial charge in [0.1, 0.15) is 19.3 Å². The fourth-order valence-corrected chi connectivity index (χ4v) is 14.5. The Kier molecular flexibility index (Phi) is 71.5. The van der Waals surface area contributed by atoms with Crippen molar-refractivity contribution in [2.24, 2.45) is 23.7 Å². The Hall–Kier alpha value is -1.94. The minimum absolute atomic E-state index is 0.104. The topological polar surface area (TPSA) is 237 Å². The van der Waals surface area contributed by atoms with Crippen LogP contribution in [0.4, 0.5) is 0 Å². The second-order valence-corrected chi connectivity index (χ2v) is 34.8. The van der Waals surface area contributed by atoms with Gasteiger partial charge in [0.15, 0.2) is 12.2 Å². The number of phosphoric acid groups is 2. The summed E-state index contributed by atoms with van der Waals surface area (Å²) in [7, 11) is -9.92. The van der Waals surface area contributed by atoms with Gasteiger partial charge in [-0.05, 0) is 49.4 Å². The summed E-state index contributed by atoms with van der Waals surface area (Å²) in [6, 6.07) is 0. The summed E-state index contributed by atoms with van der Waals surface area (Å²) in [6.07, 6.45) is 61.4. The molecular weight excluding hydrogens is 1340 g/mol. The highest BCUT2D eigenvalue weighted by Crippen LogP contribution is 2.45. The fourth-order valence-electron chi connectivity index (χ4n) is 12.9. The summed E-state index contributed by atoms with van der Waals surface area (Å²) >= 11 is 0. The van der Waals surface area contributed by atoms with E-state index in [2.05, 4.69) is 55.4 Å². The summed E-state index contributed by atoms with van der Waals surface area (Å²) in [5, 5.41) is 10.6. The van der Waals surface area contributed by atoms with Crippen molar-refractivity contribution < 1.29 is 80.2 Å². The van der Waals surface area contributed by atoms with Crippen molar-refractivity contribution in [1.82, 2.24) is 0 Å². The first-order valence-corrected chi connectivity index (χ1v) is 46.2. The van der Waals surface area contributed by atoms with Gasteiger partial charge in [-0.3, -0.25) is 37.3 Å². The van der Waals surface area contributed by atoms with Crippen LogP contribution in [0, 0.1) is 23.7 Å². The Morgan fingerprint density at radius 1 is 0.272 bits per heavy atom. The van der Waals surface area contributed by atoms with Crippen LogP contribution in [-0.2, 0) is 65.4 Å². The highest BCUT2D eigenvalue weighted by molar-refractivity contribution is 7.47. The summed E-state index contributed by atoms with van der Waals surface area (Å²) < 4.78 is 68.7. The molecule has 19 heteroatoms. The Labute approximate surface area is 632 Å². The molecule has 0 amide bonds. The van der Waals surface area contributed by atoms with Crippen LogP contribution in [0.5, 0.6) is 0 Å². The van der Waals surface area contributed by atoms with Gasteiger partial charge in [0.05, 0.1) is 26.4 Å². The first-order valence-electron chi connectivity index (χ1n) is 43.2. The Morgan fingerprint density at radius 2 is 0.466 bits per heavy atom. The molecule has 0 bridgehead atoms. The summed E-state index contributed by atoms with van der Waals surface area (Å²) in [5.41, 5.74) is 0. The van der Waals surface area contributed by atoms with Gasteiger partial charge in [-0.25, -0.2) is 9.13 Å². The normalized spacial score (nSPS) is 14.2. The molecule has 0 aromatic rings. The monoisotopic (exact) mass is 1510 g/mol. The highest BCUT2D eigenvalue weighted by atomic mass is 31.2. The van der Waals surface area contributed by atoms with Gasteiger partial charge in [0.2, 0.25) is 0 Å². The van der Waals surface area contributed by atoms with Gasteiger partial charge in [-0.15, -0.1) is 0 Å². The van der Waals surface area contributed by atoms with E-state index in [0.717, 1.165) is 120 Å². The molecule has 6 atom stereocenters. The Morgan fingerprint density at radius 3 is 0.689 bits per heavy atom. The van der Waals surface area contributed by atoms with Crippen LogP contribution < -0.4 is 0 Å². The maximum atomic E-state index is 13.1. The Bertz CT molecular complexity index is 2010. The maximum absolute atomic E-state index is 13.1. The first kappa shape index (κ1) is 101. The number of aliphatic hydroxyl groups excluding tert-OH is 1. The average Bonchev–Trinajstić information content (AvgIpc) is 0.927. The van der Waals surface area contributed by atoms with Crippen molar-refractivity contribution in [1.29, 1.82) is 0 Å². The maximum Gasteiger partial charge on any atom is 0.472 e. The van der Waals surface area contributed by atoms with E-state index < -0.39 is 97.5 Å². The molecule has 3 unspecified atom stereocenters. The molecule has 0 aliphatic rings. The van der Waals surface area contributed by atoms with Crippen molar-refractivity contribution in [3.05, 3.63) is 0 Å². The molecule has 0 spiro atoms. The molecule has 0 aromatic carbocycles. The fraction of sp³-hybridized carbons (Fsp3) is 0.952. The number of ether oxygens (including phenoxy) is 4. The van der Waals surface area contributed by atoms with Crippen molar-refractivity contribution in [2.75, 3.05) is 39.6 Å². The standard InChI is InChI=1S/C84H164O17P2/c1-9-77(8)63-55-47-42-43-49-57-65-82(87)95-71-80(101-84(89)67-59-51-41-35-34-38-46-54-62-76(6)7)73-99-103(92,93)97-69-78(85)68-96-102(90,91)98-72-79(100-83(88)66-58-50-40-33-29-25-21-17-13-11-15-19-23-27-31-37-45-53-61-75(4)5)70-94-81(86)64-56-48-39-32-28-24-20-16-12-10-14-18-22-26-30-36-44-52-60-74(2)3/h74-80,85H,9-73H2,1-8H3,(H,90,91)(H,92,93)/t77?,78-,79-,80-/m1/s1. The van der Waals surface area contributed by atoms with Crippen molar-refractivity contribution in [3.63, 3.8) is 0 Å². The number of carbonyl (C=O) groups is 4. The van der Waals surface area contributed by atoms with Crippen molar-refractivity contribution >= 4 is 39.5 Å². The zero-order valence-electron chi connectivity index (χ0n) is 68.0. The highest BCUT2D eigenvalue weighted by Gasteiger charge is 2.30. The van der Waals surface area contributed by atoms with E-state index in [0.29, 0.717) is 25.7 Å². The molecule has 0 saturated carbocycles. The smallest absolute Gasteiger partial charge is 0.462 e. The van der Waals surface area contributed by atoms with Gasteiger partial charge in [0, 0.05) is 25.7 Å². The minimum Gasteiger partial charge on any atom is -0.462 e. The van der Waals surface area contributed by atoms with E-state index in [9.17, 15) is 43.2 Å². The SMILES string of the molecule is CCC(C)CCCCCCCCC(=O)OC[C@H](COP(=O)(O)OC[C@H](O)COP(=O)(O)OC[C@@H](COC(=O)CCCCCCCCCCCCCCCCCCCCC(C)C)OC(=O)CCCCCCCCCCCCCCCCCCCCC(C)C)OC(=O)CCCCCCCCCCC(C)C. The predicted molar refractivity (Wildman–Crippen MR) is 423 cm³/mol. The lowest BCUT2D eigenvalue weighted by molar-refractivity contribution is -0.161. The third-order valence-electron chi connectivity index (χ3n) is 19.9. The number of carbonyl (C=O) groups excluding carboxylic acids is 4. The molecule has 0 aromatic heterocycles. The molecule has 0 heterocycles. The molecule has 0 saturated heterocycles. The molecule has 3 N–H and O–H groups in total. The Balaban J connectivity index is 5.20. The predicted octanol–water partition coefficient (Wildman–Crippen LogP) is 25.2. The molecule has 612 valence electrons. The number of rotatable bonds is 81. The van der Waals surface area contributed by atoms with Gasteiger partial charge in [0.25, 0.3) is 0 Å². The van der Waals surface area contributed by atoms with Crippen LogP contribution in [0.3, 0.4) is 0 Å².